The van der Waals surface area contributed by atoms with E-state index in [4.69, 9.17) is 9.15 Å². The van der Waals surface area contributed by atoms with Crippen molar-refractivity contribution in [3.63, 3.8) is 0 Å². The highest BCUT2D eigenvalue weighted by Crippen LogP contribution is 2.41. The first-order valence-corrected chi connectivity index (χ1v) is 12.2. The van der Waals surface area contributed by atoms with Crippen molar-refractivity contribution in [3.8, 4) is 5.75 Å². The number of ether oxygens (including phenoxy) is 1. The smallest absolute Gasteiger partial charge is 0.188 e. The Morgan fingerprint density at radius 3 is 2.36 bits per heavy atom. The summed E-state index contributed by atoms with van der Waals surface area (Å²) >= 11 is 0. The molecule has 1 atom stereocenters. The van der Waals surface area contributed by atoms with Gasteiger partial charge in [0, 0.05) is 6.42 Å². The molecule has 0 bridgehead atoms. The molecule has 176 valence electrons. The Morgan fingerprint density at radius 1 is 1.00 bits per heavy atom. The van der Waals surface area contributed by atoms with Crippen LogP contribution in [0.4, 0.5) is 0 Å². The molecule has 1 aliphatic rings. The lowest BCUT2D eigenvalue weighted by atomic mass is 9.73. The standard InChI is InChI=1S/C28H36N2O3/c1-30(2,19-12-20-32-25-17-10-5-11-18-25)22-26-21-29-27(33-26)28(31,23-13-6-3-7-14-23)24-15-8-4-9-16-24/h3,5-7,10-11,13-14,17-18,21,24H,4,8-9,12,15-16,19-20,22H2,1-2H3/t28-/m0/s1. The third kappa shape index (κ3) is 5.84. The van der Waals surface area contributed by atoms with Crippen LogP contribution in [-0.2, 0) is 12.1 Å². The number of hydrogen-bond donors (Lipinski definition) is 0. The largest absolute Gasteiger partial charge is 0.839 e. The van der Waals surface area contributed by atoms with Crippen LogP contribution in [0, 0.1) is 5.92 Å². The monoisotopic (exact) mass is 448 g/mol. The van der Waals surface area contributed by atoms with Gasteiger partial charge in [0.1, 0.15) is 12.3 Å². The number of hydrogen-bond acceptors (Lipinski definition) is 4. The van der Waals surface area contributed by atoms with Gasteiger partial charge in [0.05, 0.1) is 33.4 Å². The molecule has 0 aliphatic heterocycles. The number of nitrogens with zero attached hydrogens (tertiary/aromatic N) is 2. The average Bonchev–Trinajstić information content (AvgIpc) is 3.31. The van der Waals surface area contributed by atoms with E-state index in [1.165, 1.54) is 6.42 Å². The SMILES string of the molecule is C[N+](C)(CCCOc1ccccc1)Cc1cnc([C@]([O-])(c2ccccc2)C2CCCCC2)o1. The van der Waals surface area contributed by atoms with Gasteiger partial charge in [-0.25, -0.2) is 4.98 Å². The van der Waals surface area contributed by atoms with Crippen LogP contribution in [0.15, 0.2) is 71.3 Å². The highest BCUT2D eigenvalue weighted by atomic mass is 16.5. The lowest BCUT2D eigenvalue weighted by Crippen LogP contribution is -2.49. The molecule has 33 heavy (non-hydrogen) atoms. The molecule has 1 heterocycles. The molecule has 5 heteroatoms. The maximum absolute atomic E-state index is 14.4. The quantitative estimate of drug-likeness (QED) is 0.327. The van der Waals surface area contributed by atoms with Crippen molar-refractivity contribution in [1.29, 1.82) is 0 Å². The van der Waals surface area contributed by atoms with Crippen molar-refractivity contribution in [3.05, 3.63) is 84.1 Å². The Bertz CT molecular complexity index is 981. The lowest BCUT2D eigenvalue weighted by Gasteiger charge is -2.46. The lowest BCUT2D eigenvalue weighted by molar-refractivity contribution is -0.904. The van der Waals surface area contributed by atoms with E-state index in [2.05, 4.69) is 19.1 Å². The summed E-state index contributed by atoms with van der Waals surface area (Å²) in [4.78, 5) is 4.55. The highest BCUT2D eigenvalue weighted by Gasteiger charge is 2.36. The fourth-order valence-corrected chi connectivity index (χ4v) is 4.98. The van der Waals surface area contributed by atoms with Crippen LogP contribution in [0.25, 0.3) is 0 Å². The Hall–Kier alpha value is -2.63. The molecule has 0 amide bonds. The molecular weight excluding hydrogens is 412 g/mol. The van der Waals surface area contributed by atoms with Gasteiger partial charge in [-0.2, -0.15) is 0 Å². The number of benzene rings is 2. The molecule has 0 spiro atoms. The Morgan fingerprint density at radius 2 is 1.67 bits per heavy atom. The van der Waals surface area contributed by atoms with Gasteiger partial charge in [-0.15, -0.1) is 0 Å². The normalized spacial score (nSPS) is 16.9. The van der Waals surface area contributed by atoms with Crippen molar-refractivity contribution >= 4 is 0 Å². The van der Waals surface area contributed by atoms with E-state index >= 15 is 0 Å². The van der Waals surface area contributed by atoms with Crippen LogP contribution in [0.5, 0.6) is 5.75 Å². The molecule has 0 radical (unpaired) electrons. The summed E-state index contributed by atoms with van der Waals surface area (Å²) in [5, 5.41) is 14.4. The third-order valence-electron chi connectivity index (χ3n) is 6.76. The fraction of sp³-hybridized carbons (Fsp3) is 0.464. The molecule has 5 nitrogen and oxygen atoms in total. The van der Waals surface area contributed by atoms with Gasteiger partial charge in [0.2, 0.25) is 0 Å². The van der Waals surface area contributed by atoms with Gasteiger partial charge in [0.25, 0.3) is 0 Å². The minimum atomic E-state index is -1.43. The zero-order valence-electron chi connectivity index (χ0n) is 19.9. The Balaban J connectivity index is 1.42. The second kappa shape index (κ2) is 10.5. The summed E-state index contributed by atoms with van der Waals surface area (Å²) in [5.41, 5.74) is -0.669. The average molecular weight is 449 g/mol. The van der Waals surface area contributed by atoms with Crippen molar-refractivity contribution in [1.82, 2.24) is 4.98 Å². The topological polar surface area (TPSA) is 58.3 Å². The summed E-state index contributed by atoms with van der Waals surface area (Å²) < 4.78 is 12.8. The molecule has 1 aromatic heterocycles. The third-order valence-corrected chi connectivity index (χ3v) is 6.76. The summed E-state index contributed by atoms with van der Waals surface area (Å²) in [5.74, 6) is 2.00. The van der Waals surface area contributed by atoms with E-state index in [9.17, 15) is 5.11 Å². The van der Waals surface area contributed by atoms with Crippen LogP contribution in [-0.4, -0.2) is 36.7 Å². The summed E-state index contributed by atoms with van der Waals surface area (Å²) in [6.45, 7) is 2.30. The van der Waals surface area contributed by atoms with Crippen molar-refractivity contribution < 1.29 is 18.7 Å². The van der Waals surface area contributed by atoms with E-state index in [1.807, 2.05) is 60.7 Å². The Kier molecular flexibility index (Phi) is 7.51. The minimum Gasteiger partial charge on any atom is -0.839 e. The number of quaternary nitrogens is 1. The molecule has 1 aliphatic carbocycles. The second-order valence-electron chi connectivity index (χ2n) is 9.90. The van der Waals surface area contributed by atoms with Crippen molar-refractivity contribution in [2.24, 2.45) is 5.92 Å². The molecule has 1 saturated carbocycles. The van der Waals surface area contributed by atoms with Crippen LogP contribution in [0.2, 0.25) is 0 Å². The predicted molar refractivity (Wildman–Crippen MR) is 128 cm³/mol. The molecule has 4 rings (SSSR count). The zero-order chi connectivity index (χ0) is 23.2. The summed E-state index contributed by atoms with van der Waals surface area (Å²) in [7, 11) is 4.35. The maximum atomic E-state index is 14.4. The molecule has 0 N–H and O–H groups in total. The van der Waals surface area contributed by atoms with E-state index in [0.29, 0.717) is 19.0 Å². The van der Waals surface area contributed by atoms with Crippen molar-refractivity contribution in [2.45, 2.75) is 50.7 Å². The second-order valence-corrected chi connectivity index (χ2v) is 9.90. The van der Waals surface area contributed by atoms with Crippen LogP contribution in [0.1, 0.15) is 55.7 Å². The van der Waals surface area contributed by atoms with Gasteiger partial charge >= 0.3 is 0 Å². The number of para-hydroxylation sites is 1. The van der Waals surface area contributed by atoms with Crippen LogP contribution < -0.4 is 9.84 Å². The van der Waals surface area contributed by atoms with E-state index in [-0.39, 0.29) is 5.92 Å². The predicted octanol–water partition coefficient (Wildman–Crippen LogP) is 4.90. The summed E-state index contributed by atoms with van der Waals surface area (Å²) in [6, 6.07) is 19.6. The van der Waals surface area contributed by atoms with Gasteiger partial charge in [-0.05, 0) is 29.2 Å². The maximum Gasteiger partial charge on any atom is 0.188 e. The highest BCUT2D eigenvalue weighted by molar-refractivity contribution is 5.29. The fourth-order valence-electron chi connectivity index (χ4n) is 4.98. The molecule has 3 aromatic rings. The van der Waals surface area contributed by atoms with Gasteiger partial charge in [-0.1, -0.05) is 80.6 Å². The number of oxazole rings is 1. The van der Waals surface area contributed by atoms with E-state index in [1.54, 1.807) is 6.20 Å². The van der Waals surface area contributed by atoms with E-state index in [0.717, 1.165) is 60.2 Å². The molecule has 1 fully saturated rings. The summed E-state index contributed by atoms with van der Waals surface area (Å²) in [6.07, 6.45) is 7.96. The Labute approximate surface area is 197 Å². The van der Waals surface area contributed by atoms with Gasteiger partial charge in [-0.3, -0.25) is 0 Å². The van der Waals surface area contributed by atoms with Crippen molar-refractivity contribution in [2.75, 3.05) is 27.2 Å². The number of rotatable bonds is 10. The van der Waals surface area contributed by atoms with E-state index < -0.39 is 5.60 Å². The molecular formula is C28H36N2O3. The van der Waals surface area contributed by atoms with Gasteiger partial charge in [0.15, 0.2) is 11.7 Å². The van der Waals surface area contributed by atoms with Crippen LogP contribution in [0.3, 0.4) is 0 Å². The first-order chi connectivity index (χ1) is 16.0. The number of aromatic nitrogens is 1. The van der Waals surface area contributed by atoms with Crippen LogP contribution >= 0.6 is 0 Å². The minimum absolute atomic E-state index is 0.0118. The first-order valence-electron chi connectivity index (χ1n) is 12.2. The first kappa shape index (κ1) is 23.5. The molecule has 2 aromatic carbocycles. The zero-order valence-corrected chi connectivity index (χ0v) is 19.9. The molecule has 0 unspecified atom stereocenters. The van der Waals surface area contributed by atoms with Gasteiger partial charge < -0.3 is 18.7 Å². The molecule has 0 saturated heterocycles.